The van der Waals surface area contributed by atoms with Crippen molar-refractivity contribution in [3.8, 4) is 11.5 Å². The van der Waals surface area contributed by atoms with Crippen LogP contribution in [0.1, 0.15) is 64.9 Å². The van der Waals surface area contributed by atoms with Crippen LogP contribution in [-0.2, 0) is 4.79 Å². The lowest BCUT2D eigenvalue weighted by molar-refractivity contribution is -0.117. The molecule has 1 unspecified atom stereocenters. The molecule has 0 spiro atoms. The van der Waals surface area contributed by atoms with Gasteiger partial charge in [-0.05, 0) is 49.8 Å². The Hall–Kier alpha value is -1.51. The van der Waals surface area contributed by atoms with Gasteiger partial charge in [0.25, 0.3) is 0 Å². The van der Waals surface area contributed by atoms with Gasteiger partial charge in [0.05, 0.1) is 13.2 Å². The number of ether oxygens (including phenoxy) is 2. The second-order valence-corrected chi connectivity index (χ2v) is 5.54. The van der Waals surface area contributed by atoms with Gasteiger partial charge in [-0.25, -0.2) is 0 Å². The van der Waals surface area contributed by atoms with E-state index in [4.69, 9.17) is 9.47 Å². The van der Waals surface area contributed by atoms with Crippen molar-refractivity contribution in [3.63, 3.8) is 0 Å². The predicted octanol–water partition coefficient (Wildman–Crippen LogP) is 4.74. The van der Waals surface area contributed by atoms with Crippen LogP contribution in [0.5, 0.6) is 11.5 Å². The summed E-state index contributed by atoms with van der Waals surface area (Å²) in [7, 11) is 0. The summed E-state index contributed by atoms with van der Waals surface area (Å²) in [6, 6.07) is 6.13. The van der Waals surface area contributed by atoms with Crippen LogP contribution in [-0.4, -0.2) is 19.0 Å². The third-order valence-electron chi connectivity index (χ3n) is 3.39. The molecule has 0 bridgehead atoms. The number of hydrogen-bond acceptors (Lipinski definition) is 3. The Morgan fingerprint density at radius 3 is 2.29 bits per heavy atom. The van der Waals surface area contributed by atoms with Gasteiger partial charge in [0.15, 0.2) is 11.5 Å². The Morgan fingerprint density at radius 1 is 1.10 bits per heavy atom. The minimum absolute atomic E-state index is 0.243. The van der Waals surface area contributed by atoms with Gasteiger partial charge < -0.3 is 14.3 Å². The molecule has 0 N–H and O–H groups in total. The molecule has 118 valence electrons. The van der Waals surface area contributed by atoms with Crippen molar-refractivity contribution in [1.29, 1.82) is 0 Å². The predicted molar refractivity (Wildman–Crippen MR) is 86.3 cm³/mol. The standard InChI is InChI=1S/C18H28O3/c1-5-11-20-17-10-9-16(13-18(17)21-12-6-2)14(3)7-8-15(4)19/h9-10,13-14H,5-8,11-12H2,1-4H3. The quantitative estimate of drug-likeness (QED) is 0.625. The number of ketones is 1. The molecule has 0 saturated heterocycles. The summed E-state index contributed by atoms with van der Waals surface area (Å²) in [4.78, 5) is 11.1. The average Bonchev–Trinajstić information content (AvgIpc) is 2.48. The molecule has 1 aromatic carbocycles. The summed E-state index contributed by atoms with van der Waals surface area (Å²) >= 11 is 0. The Bertz CT molecular complexity index is 440. The van der Waals surface area contributed by atoms with E-state index in [1.807, 2.05) is 6.07 Å². The first kappa shape index (κ1) is 17.5. The van der Waals surface area contributed by atoms with Gasteiger partial charge in [0.2, 0.25) is 0 Å². The van der Waals surface area contributed by atoms with E-state index in [9.17, 15) is 4.79 Å². The fourth-order valence-electron chi connectivity index (χ4n) is 2.07. The number of benzene rings is 1. The molecule has 1 atom stereocenters. The molecule has 0 aliphatic heterocycles. The monoisotopic (exact) mass is 292 g/mol. The molecule has 1 aromatic rings. The third kappa shape index (κ3) is 6.19. The zero-order valence-electron chi connectivity index (χ0n) is 13.8. The summed E-state index contributed by atoms with van der Waals surface area (Å²) in [5.74, 6) is 2.22. The number of hydrogen-bond donors (Lipinski definition) is 0. The Morgan fingerprint density at radius 2 is 1.71 bits per heavy atom. The van der Waals surface area contributed by atoms with Crippen LogP contribution in [0.4, 0.5) is 0 Å². The first-order chi connectivity index (χ1) is 10.1. The molecule has 0 saturated carbocycles. The van der Waals surface area contributed by atoms with E-state index in [2.05, 4.69) is 32.9 Å². The largest absolute Gasteiger partial charge is 0.490 e. The van der Waals surface area contributed by atoms with Gasteiger partial charge in [0, 0.05) is 6.42 Å². The molecule has 0 aromatic heterocycles. The van der Waals surface area contributed by atoms with E-state index in [1.54, 1.807) is 6.92 Å². The maximum Gasteiger partial charge on any atom is 0.161 e. The Balaban J connectivity index is 2.83. The van der Waals surface area contributed by atoms with E-state index < -0.39 is 0 Å². The Labute approximate surface area is 128 Å². The SMILES string of the molecule is CCCOc1ccc(C(C)CCC(C)=O)cc1OCCC. The van der Waals surface area contributed by atoms with Gasteiger partial charge >= 0.3 is 0 Å². The lowest BCUT2D eigenvalue weighted by atomic mass is 9.95. The normalized spacial score (nSPS) is 12.0. The fourth-order valence-corrected chi connectivity index (χ4v) is 2.07. The molecule has 3 heteroatoms. The van der Waals surface area contributed by atoms with Crippen molar-refractivity contribution in [2.75, 3.05) is 13.2 Å². The van der Waals surface area contributed by atoms with E-state index in [-0.39, 0.29) is 5.78 Å². The highest BCUT2D eigenvalue weighted by Gasteiger charge is 2.12. The summed E-state index contributed by atoms with van der Waals surface area (Å²) in [5, 5.41) is 0. The molecule has 1 rings (SSSR count). The van der Waals surface area contributed by atoms with Crippen LogP contribution in [0.2, 0.25) is 0 Å². The number of Topliss-reactive ketones (excluding diaryl/α,β-unsaturated/α-hetero) is 1. The van der Waals surface area contributed by atoms with E-state index in [0.717, 1.165) is 30.8 Å². The maximum atomic E-state index is 11.1. The second kappa shape index (κ2) is 9.43. The van der Waals surface area contributed by atoms with Crippen LogP contribution in [0, 0.1) is 0 Å². The summed E-state index contributed by atoms with van der Waals surface area (Å²) in [6.07, 6.45) is 3.44. The lowest BCUT2D eigenvalue weighted by Crippen LogP contribution is -2.03. The number of carbonyl (C=O) groups is 1. The van der Waals surface area contributed by atoms with Crippen LogP contribution in [0.25, 0.3) is 0 Å². The topological polar surface area (TPSA) is 35.5 Å². The summed E-state index contributed by atoms with van der Waals surface area (Å²) in [5.41, 5.74) is 1.20. The van der Waals surface area contributed by atoms with E-state index in [1.165, 1.54) is 5.56 Å². The zero-order valence-corrected chi connectivity index (χ0v) is 13.8. The second-order valence-electron chi connectivity index (χ2n) is 5.54. The molecule has 0 radical (unpaired) electrons. The first-order valence-corrected chi connectivity index (χ1v) is 7.97. The van der Waals surface area contributed by atoms with Crippen LogP contribution >= 0.6 is 0 Å². The van der Waals surface area contributed by atoms with Crippen molar-refractivity contribution in [2.24, 2.45) is 0 Å². The summed E-state index contributed by atoms with van der Waals surface area (Å²) < 4.78 is 11.5. The van der Waals surface area contributed by atoms with E-state index >= 15 is 0 Å². The molecule has 3 nitrogen and oxygen atoms in total. The first-order valence-electron chi connectivity index (χ1n) is 7.97. The highest BCUT2D eigenvalue weighted by atomic mass is 16.5. The average molecular weight is 292 g/mol. The van der Waals surface area contributed by atoms with Crippen molar-refractivity contribution in [3.05, 3.63) is 23.8 Å². The van der Waals surface area contributed by atoms with Gasteiger partial charge in [-0.2, -0.15) is 0 Å². The molecular formula is C18H28O3. The number of carbonyl (C=O) groups excluding carboxylic acids is 1. The molecule has 0 aliphatic carbocycles. The minimum atomic E-state index is 0.243. The molecular weight excluding hydrogens is 264 g/mol. The van der Waals surface area contributed by atoms with Crippen LogP contribution < -0.4 is 9.47 Å². The molecule has 0 aliphatic rings. The molecule has 0 fully saturated rings. The van der Waals surface area contributed by atoms with Crippen molar-refractivity contribution in [2.45, 2.75) is 59.3 Å². The van der Waals surface area contributed by atoms with Crippen molar-refractivity contribution >= 4 is 5.78 Å². The molecule has 0 amide bonds. The number of rotatable bonds is 10. The van der Waals surface area contributed by atoms with Gasteiger partial charge in [0.1, 0.15) is 5.78 Å². The van der Waals surface area contributed by atoms with Gasteiger partial charge in [-0.1, -0.05) is 26.8 Å². The van der Waals surface area contributed by atoms with Crippen molar-refractivity contribution < 1.29 is 14.3 Å². The third-order valence-corrected chi connectivity index (χ3v) is 3.39. The fraction of sp³-hybridized carbons (Fsp3) is 0.611. The molecule has 21 heavy (non-hydrogen) atoms. The minimum Gasteiger partial charge on any atom is -0.490 e. The molecule has 0 heterocycles. The van der Waals surface area contributed by atoms with Crippen LogP contribution in [0.3, 0.4) is 0 Å². The highest BCUT2D eigenvalue weighted by molar-refractivity contribution is 5.75. The smallest absolute Gasteiger partial charge is 0.161 e. The lowest BCUT2D eigenvalue weighted by Gasteiger charge is -2.16. The van der Waals surface area contributed by atoms with Gasteiger partial charge in [-0.3, -0.25) is 0 Å². The van der Waals surface area contributed by atoms with Crippen molar-refractivity contribution in [1.82, 2.24) is 0 Å². The Kier molecular flexibility index (Phi) is 7.88. The zero-order chi connectivity index (χ0) is 15.7. The maximum absolute atomic E-state index is 11.1. The highest BCUT2D eigenvalue weighted by Crippen LogP contribution is 2.32. The van der Waals surface area contributed by atoms with Crippen LogP contribution in [0.15, 0.2) is 18.2 Å². The summed E-state index contributed by atoms with van der Waals surface area (Å²) in [6.45, 7) is 9.35. The van der Waals surface area contributed by atoms with E-state index in [0.29, 0.717) is 25.6 Å². The van der Waals surface area contributed by atoms with Gasteiger partial charge in [-0.15, -0.1) is 0 Å².